The first kappa shape index (κ1) is 12.4. The van der Waals surface area contributed by atoms with Gasteiger partial charge in [-0.2, -0.15) is 0 Å². The number of carbonyl (C=O) groups is 2. The molecule has 4 nitrogen and oxygen atoms in total. The van der Waals surface area contributed by atoms with Gasteiger partial charge in [0, 0.05) is 13.1 Å². The minimum Gasteiger partial charge on any atom is -0.481 e. The number of hydrogen-bond acceptors (Lipinski definition) is 2. The first-order valence-electron chi connectivity index (χ1n) is 6.65. The summed E-state index contributed by atoms with van der Waals surface area (Å²) in [4.78, 5) is 24.7. The molecule has 1 saturated heterocycles. The molecule has 1 N–H and O–H groups in total. The number of nitrogens with zero attached hydrogens (tertiary/aromatic N) is 1. The molecule has 96 valence electrons. The molecule has 0 spiro atoms. The molecule has 17 heavy (non-hydrogen) atoms. The number of likely N-dealkylation sites (tertiary alicyclic amines) is 1. The van der Waals surface area contributed by atoms with Crippen LogP contribution in [0.5, 0.6) is 0 Å². The number of carbonyl (C=O) groups excluding carboxylic acids is 1. The van der Waals surface area contributed by atoms with Crippen molar-refractivity contribution in [2.45, 2.75) is 39.0 Å². The summed E-state index contributed by atoms with van der Waals surface area (Å²) in [5.41, 5.74) is 0. The van der Waals surface area contributed by atoms with Gasteiger partial charge in [0.05, 0.1) is 11.8 Å². The lowest BCUT2D eigenvalue weighted by molar-refractivity contribution is -0.142. The van der Waals surface area contributed by atoms with E-state index in [-0.39, 0.29) is 11.8 Å². The fourth-order valence-electron chi connectivity index (χ4n) is 2.77. The van der Waals surface area contributed by atoms with Gasteiger partial charge in [0.15, 0.2) is 0 Å². The highest BCUT2D eigenvalue weighted by atomic mass is 16.4. The number of carboxylic acid groups (broad SMARTS) is 1. The number of hydrogen-bond donors (Lipinski definition) is 1. The van der Waals surface area contributed by atoms with Crippen LogP contribution in [-0.2, 0) is 9.59 Å². The minimum absolute atomic E-state index is 0.0779. The van der Waals surface area contributed by atoms with E-state index in [2.05, 4.69) is 6.92 Å². The molecular weight excluding hydrogens is 218 g/mol. The molecule has 1 aliphatic carbocycles. The first-order valence-corrected chi connectivity index (χ1v) is 6.65. The Morgan fingerprint density at radius 3 is 2.59 bits per heavy atom. The highest BCUT2D eigenvalue weighted by molar-refractivity contribution is 5.89. The quantitative estimate of drug-likeness (QED) is 0.816. The standard InChI is InChI=1S/C13H21NO3/c1-2-9-4-3-6-14(7-5-9)12(15)10-8-11(10)13(16)17/h9-11H,2-8H2,1H3,(H,16,17). The molecule has 0 aromatic heterocycles. The molecule has 2 aliphatic rings. The zero-order valence-corrected chi connectivity index (χ0v) is 10.4. The van der Waals surface area contributed by atoms with E-state index in [1.54, 1.807) is 0 Å². The Morgan fingerprint density at radius 1 is 1.24 bits per heavy atom. The van der Waals surface area contributed by atoms with Gasteiger partial charge in [-0.25, -0.2) is 0 Å². The Labute approximate surface area is 102 Å². The van der Waals surface area contributed by atoms with E-state index in [0.717, 1.165) is 31.8 Å². The maximum absolute atomic E-state index is 12.1. The Balaban J connectivity index is 1.86. The van der Waals surface area contributed by atoms with Crippen LogP contribution < -0.4 is 0 Å². The van der Waals surface area contributed by atoms with Crippen molar-refractivity contribution in [1.82, 2.24) is 4.90 Å². The van der Waals surface area contributed by atoms with E-state index >= 15 is 0 Å². The maximum atomic E-state index is 12.1. The van der Waals surface area contributed by atoms with E-state index in [1.165, 1.54) is 12.8 Å². The van der Waals surface area contributed by atoms with Crippen LogP contribution in [-0.4, -0.2) is 35.0 Å². The zero-order chi connectivity index (χ0) is 12.4. The largest absolute Gasteiger partial charge is 0.481 e. The molecule has 1 saturated carbocycles. The maximum Gasteiger partial charge on any atom is 0.307 e. The van der Waals surface area contributed by atoms with Crippen LogP contribution in [0.25, 0.3) is 0 Å². The Bertz CT molecular complexity index is 316. The summed E-state index contributed by atoms with van der Waals surface area (Å²) in [5, 5.41) is 8.84. The summed E-state index contributed by atoms with van der Waals surface area (Å²) in [7, 11) is 0. The summed E-state index contributed by atoms with van der Waals surface area (Å²) in [5.74, 6) is -0.639. The average molecular weight is 239 g/mol. The summed E-state index contributed by atoms with van der Waals surface area (Å²) in [6, 6.07) is 0. The summed E-state index contributed by atoms with van der Waals surface area (Å²) < 4.78 is 0. The van der Waals surface area contributed by atoms with Gasteiger partial charge in [-0.3, -0.25) is 9.59 Å². The third-order valence-corrected chi connectivity index (χ3v) is 4.16. The van der Waals surface area contributed by atoms with E-state index in [4.69, 9.17) is 5.11 Å². The van der Waals surface area contributed by atoms with Gasteiger partial charge in [0.1, 0.15) is 0 Å². The lowest BCUT2D eigenvalue weighted by Gasteiger charge is -2.20. The molecule has 2 rings (SSSR count). The predicted molar refractivity (Wildman–Crippen MR) is 63.4 cm³/mol. The van der Waals surface area contributed by atoms with Crippen molar-refractivity contribution in [2.24, 2.45) is 17.8 Å². The van der Waals surface area contributed by atoms with Crippen molar-refractivity contribution in [1.29, 1.82) is 0 Å². The monoisotopic (exact) mass is 239 g/mol. The molecular formula is C13H21NO3. The second-order valence-electron chi connectivity index (χ2n) is 5.32. The Kier molecular flexibility index (Phi) is 3.69. The summed E-state index contributed by atoms with van der Waals surface area (Å²) >= 11 is 0. The lowest BCUT2D eigenvalue weighted by atomic mass is 9.98. The van der Waals surface area contributed by atoms with Crippen LogP contribution in [0.2, 0.25) is 0 Å². The first-order chi connectivity index (χ1) is 8.13. The highest BCUT2D eigenvalue weighted by Gasteiger charge is 2.49. The summed E-state index contributed by atoms with van der Waals surface area (Å²) in [6.07, 6.45) is 5.07. The van der Waals surface area contributed by atoms with E-state index in [0.29, 0.717) is 6.42 Å². The molecule has 0 aromatic rings. The van der Waals surface area contributed by atoms with E-state index in [1.807, 2.05) is 4.90 Å². The van der Waals surface area contributed by atoms with Gasteiger partial charge < -0.3 is 10.0 Å². The van der Waals surface area contributed by atoms with Crippen molar-refractivity contribution in [3.63, 3.8) is 0 Å². The molecule has 3 atom stereocenters. The molecule has 1 amide bonds. The van der Waals surface area contributed by atoms with Gasteiger partial charge in [-0.15, -0.1) is 0 Å². The van der Waals surface area contributed by atoms with Crippen molar-refractivity contribution < 1.29 is 14.7 Å². The van der Waals surface area contributed by atoms with Crippen LogP contribution in [0, 0.1) is 17.8 Å². The molecule has 1 heterocycles. The normalized spacial score (nSPS) is 33.0. The molecule has 0 radical (unpaired) electrons. The molecule has 0 bridgehead atoms. The average Bonchev–Trinajstić information content (AvgIpc) is 3.11. The molecule has 4 heteroatoms. The molecule has 0 aromatic carbocycles. The Morgan fingerprint density at radius 2 is 2.00 bits per heavy atom. The number of aliphatic carboxylic acids is 1. The van der Waals surface area contributed by atoms with Crippen LogP contribution >= 0.6 is 0 Å². The van der Waals surface area contributed by atoms with Crippen LogP contribution in [0.3, 0.4) is 0 Å². The van der Waals surface area contributed by atoms with Crippen LogP contribution in [0.4, 0.5) is 0 Å². The smallest absolute Gasteiger partial charge is 0.307 e. The van der Waals surface area contributed by atoms with Gasteiger partial charge in [-0.05, 0) is 31.6 Å². The molecule has 1 aliphatic heterocycles. The van der Waals surface area contributed by atoms with Crippen LogP contribution in [0.15, 0.2) is 0 Å². The molecule has 3 unspecified atom stereocenters. The number of carboxylic acids is 1. The SMILES string of the molecule is CCC1CCCN(C(=O)C2CC2C(=O)O)CC1. The van der Waals surface area contributed by atoms with Crippen LogP contribution in [0.1, 0.15) is 39.0 Å². The second kappa shape index (κ2) is 5.07. The van der Waals surface area contributed by atoms with Gasteiger partial charge in [0.2, 0.25) is 5.91 Å². The van der Waals surface area contributed by atoms with Gasteiger partial charge >= 0.3 is 5.97 Å². The minimum atomic E-state index is -0.815. The number of amides is 1. The van der Waals surface area contributed by atoms with Crippen molar-refractivity contribution in [2.75, 3.05) is 13.1 Å². The fraction of sp³-hybridized carbons (Fsp3) is 0.846. The number of rotatable bonds is 3. The third-order valence-electron chi connectivity index (χ3n) is 4.16. The Hall–Kier alpha value is -1.06. The fourth-order valence-corrected chi connectivity index (χ4v) is 2.77. The van der Waals surface area contributed by atoms with Crippen molar-refractivity contribution in [3.8, 4) is 0 Å². The van der Waals surface area contributed by atoms with Gasteiger partial charge in [-0.1, -0.05) is 13.3 Å². The predicted octanol–water partition coefficient (Wildman–Crippen LogP) is 1.75. The van der Waals surface area contributed by atoms with Crippen molar-refractivity contribution in [3.05, 3.63) is 0 Å². The topological polar surface area (TPSA) is 57.6 Å². The summed E-state index contributed by atoms with van der Waals surface area (Å²) in [6.45, 7) is 3.84. The van der Waals surface area contributed by atoms with Crippen molar-refractivity contribution >= 4 is 11.9 Å². The second-order valence-corrected chi connectivity index (χ2v) is 5.32. The van der Waals surface area contributed by atoms with E-state index < -0.39 is 11.9 Å². The van der Waals surface area contributed by atoms with E-state index in [9.17, 15) is 9.59 Å². The molecule has 2 fully saturated rings. The lowest BCUT2D eigenvalue weighted by Crippen LogP contribution is -2.34. The third kappa shape index (κ3) is 2.79. The highest BCUT2D eigenvalue weighted by Crippen LogP contribution is 2.40. The zero-order valence-electron chi connectivity index (χ0n) is 10.4. The van der Waals surface area contributed by atoms with Gasteiger partial charge in [0.25, 0.3) is 0 Å².